The molecule has 0 bridgehead atoms. The van der Waals surface area contributed by atoms with Crippen LogP contribution in [-0.4, -0.2) is 13.0 Å². The average molecular weight is 291 g/mol. The molecule has 1 unspecified atom stereocenters. The highest BCUT2D eigenvalue weighted by molar-refractivity contribution is 5.94. The fourth-order valence-corrected chi connectivity index (χ4v) is 1.94. The molecule has 0 aliphatic heterocycles. The molecule has 21 heavy (non-hydrogen) atoms. The van der Waals surface area contributed by atoms with E-state index >= 15 is 0 Å². The Balaban J connectivity index is 2.10. The molecule has 110 valence electrons. The third kappa shape index (κ3) is 3.78. The summed E-state index contributed by atoms with van der Waals surface area (Å²) in [7, 11) is 1.57. The van der Waals surface area contributed by atoms with E-state index in [4.69, 9.17) is 4.74 Å². The minimum absolute atomic E-state index is 0.0483. The van der Waals surface area contributed by atoms with Crippen molar-refractivity contribution in [3.63, 3.8) is 0 Å². The van der Waals surface area contributed by atoms with Crippen molar-refractivity contribution < 1.29 is 18.3 Å². The quantitative estimate of drug-likeness (QED) is 0.936. The summed E-state index contributed by atoms with van der Waals surface area (Å²) in [6, 6.07) is 9.61. The van der Waals surface area contributed by atoms with Crippen molar-refractivity contribution in [1.29, 1.82) is 0 Å². The van der Waals surface area contributed by atoms with E-state index in [0.717, 1.165) is 23.8 Å². The second kappa shape index (κ2) is 6.35. The van der Waals surface area contributed by atoms with Crippen molar-refractivity contribution in [2.75, 3.05) is 7.11 Å². The molecular formula is C16H15F2NO2. The SMILES string of the molecule is COc1ccc(C(C)NC(=O)c2cc(F)cc(F)c2)cc1. The number of halogens is 2. The first-order valence-corrected chi connectivity index (χ1v) is 6.40. The molecule has 0 aliphatic carbocycles. The Morgan fingerprint density at radius 1 is 1.10 bits per heavy atom. The molecule has 2 aromatic rings. The standard InChI is InChI=1S/C16H15F2NO2/c1-10(11-3-5-15(21-2)6-4-11)19-16(20)12-7-13(17)9-14(18)8-12/h3-10H,1-2H3,(H,19,20). The van der Waals surface area contributed by atoms with Crippen molar-refractivity contribution in [3.05, 3.63) is 65.2 Å². The first-order valence-electron chi connectivity index (χ1n) is 6.40. The van der Waals surface area contributed by atoms with Gasteiger partial charge >= 0.3 is 0 Å². The largest absolute Gasteiger partial charge is 0.497 e. The molecule has 2 rings (SSSR count). The normalized spacial score (nSPS) is 11.8. The zero-order valence-electron chi connectivity index (χ0n) is 11.7. The Kier molecular flexibility index (Phi) is 4.52. The zero-order chi connectivity index (χ0) is 15.4. The second-order valence-electron chi connectivity index (χ2n) is 4.63. The van der Waals surface area contributed by atoms with Gasteiger partial charge in [0.2, 0.25) is 0 Å². The highest BCUT2D eigenvalue weighted by atomic mass is 19.1. The molecule has 1 N–H and O–H groups in total. The maximum atomic E-state index is 13.1. The van der Waals surface area contributed by atoms with E-state index in [1.165, 1.54) is 0 Å². The molecule has 0 radical (unpaired) electrons. The van der Waals surface area contributed by atoms with Crippen molar-refractivity contribution in [3.8, 4) is 5.75 Å². The van der Waals surface area contributed by atoms with Gasteiger partial charge in [-0.15, -0.1) is 0 Å². The molecule has 3 nitrogen and oxygen atoms in total. The number of nitrogens with one attached hydrogen (secondary N) is 1. The molecule has 0 heterocycles. The molecule has 0 aliphatic rings. The number of carbonyl (C=O) groups excluding carboxylic acids is 1. The Bertz CT molecular complexity index is 621. The lowest BCUT2D eigenvalue weighted by molar-refractivity contribution is 0.0939. The summed E-state index contributed by atoms with van der Waals surface area (Å²) in [5.74, 6) is -1.38. The summed E-state index contributed by atoms with van der Waals surface area (Å²) in [5, 5.41) is 2.69. The first-order chi connectivity index (χ1) is 9.99. The van der Waals surface area contributed by atoms with E-state index in [1.54, 1.807) is 26.2 Å². The third-order valence-corrected chi connectivity index (χ3v) is 3.09. The van der Waals surface area contributed by atoms with Gasteiger partial charge in [0, 0.05) is 11.6 Å². The Labute approximate surface area is 121 Å². The molecule has 5 heteroatoms. The van der Waals surface area contributed by atoms with Crippen molar-refractivity contribution in [2.45, 2.75) is 13.0 Å². The van der Waals surface area contributed by atoms with Gasteiger partial charge in [0.25, 0.3) is 5.91 Å². The molecule has 0 saturated carbocycles. The van der Waals surface area contributed by atoms with Gasteiger partial charge in [0.1, 0.15) is 17.4 Å². The van der Waals surface area contributed by atoms with E-state index in [2.05, 4.69) is 5.32 Å². The maximum absolute atomic E-state index is 13.1. The Hall–Kier alpha value is -2.43. The predicted molar refractivity (Wildman–Crippen MR) is 75.2 cm³/mol. The number of hydrogen-bond donors (Lipinski definition) is 1. The van der Waals surface area contributed by atoms with E-state index < -0.39 is 17.5 Å². The van der Waals surface area contributed by atoms with Gasteiger partial charge in [-0.05, 0) is 36.8 Å². The number of amides is 1. The number of benzene rings is 2. The summed E-state index contributed by atoms with van der Waals surface area (Å²) in [6.45, 7) is 1.79. The molecule has 0 spiro atoms. The Morgan fingerprint density at radius 3 is 2.19 bits per heavy atom. The molecule has 2 aromatic carbocycles. The Morgan fingerprint density at radius 2 is 1.67 bits per heavy atom. The molecule has 1 amide bonds. The van der Waals surface area contributed by atoms with Crippen molar-refractivity contribution in [1.82, 2.24) is 5.32 Å². The number of rotatable bonds is 4. The number of methoxy groups -OCH3 is 1. The van der Waals surface area contributed by atoms with Crippen LogP contribution in [0.1, 0.15) is 28.9 Å². The van der Waals surface area contributed by atoms with Crippen LogP contribution in [0, 0.1) is 11.6 Å². The van der Waals surface area contributed by atoms with Crippen LogP contribution in [0.15, 0.2) is 42.5 Å². The van der Waals surface area contributed by atoms with E-state index in [0.29, 0.717) is 5.75 Å². The lowest BCUT2D eigenvalue weighted by Gasteiger charge is -2.15. The lowest BCUT2D eigenvalue weighted by atomic mass is 10.1. The van der Waals surface area contributed by atoms with Crippen LogP contribution in [0.3, 0.4) is 0 Å². The third-order valence-electron chi connectivity index (χ3n) is 3.09. The molecule has 0 saturated heterocycles. The van der Waals surface area contributed by atoms with Crippen LogP contribution in [-0.2, 0) is 0 Å². The van der Waals surface area contributed by atoms with E-state index in [-0.39, 0.29) is 11.6 Å². The van der Waals surface area contributed by atoms with Gasteiger partial charge in [-0.2, -0.15) is 0 Å². The highest BCUT2D eigenvalue weighted by Gasteiger charge is 2.13. The van der Waals surface area contributed by atoms with Gasteiger partial charge in [0.05, 0.1) is 13.2 Å². The van der Waals surface area contributed by atoms with Crippen LogP contribution < -0.4 is 10.1 Å². The summed E-state index contributed by atoms with van der Waals surface area (Å²) < 4.78 is 31.3. The number of ether oxygens (including phenoxy) is 1. The smallest absolute Gasteiger partial charge is 0.251 e. The fraction of sp³-hybridized carbons (Fsp3) is 0.188. The fourth-order valence-electron chi connectivity index (χ4n) is 1.94. The van der Waals surface area contributed by atoms with Gasteiger partial charge in [-0.25, -0.2) is 8.78 Å². The molecule has 0 fully saturated rings. The topological polar surface area (TPSA) is 38.3 Å². The van der Waals surface area contributed by atoms with Crippen molar-refractivity contribution >= 4 is 5.91 Å². The van der Waals surface area contributed by atoms with Crippen LogP contribution in [0.2, 0.25) is 0 Å². The minimum atomic E-state index is -0.780. The molecule has 0 aromatic heterocycles. The maximum Gasteiger partial charge on any atom is 0.251 e. The molecular weight excluding hydrogens is 276 g/mol. The minimum Gasteiger partial charge on any atom is -0.497 e. The second-order valence-corrected chi connectivity index (χ2v) is 4.63. The number of carbonyl (C=O) groups is 1. The summed E-state index contributed by atoms with van der Waals surface area (Å²) in [6.07, 6.45) is 0. The van der Waals surface area contributed by atoms with Crippen LogP contribution in [0.25, 0.3) is 0 Å². The monoisotopic (exact) mass is 291 g/mol. The van der Waals surface area contributed by atoms with Gasteiger partial charge < -0.3 is 10.1 Å². The lowest BCUT2D eigenvalue weighted by Crippen LogP contribution is -2.26. The van der Waals surface area contributed by atoms with Crippen molar-refractivity contribution in [2.24, 2.45) is 0 Å². The van der Waals surface area contributed by atoms with Gasteiger partial charge in [-0.3, -0.25) is 4.79 Å². The average Bonchev–Trinajstić information content (AvgIpc) is 2.46. The van der Waals surface area contributed by atoms with Crippen LogP contribution in [0.5, 0.6) is 5.75 Å². The van der Waals surface area contributed by atoms with Gasteiger partial charge in [0.15, 0.2) is 0 Å². The zero-order valence-corrected chi connectivity index (χ0v) is 11.7. The molecule has 1 atom stereocenters. The summed E-state index contributed by atoms with van der Waals surface area (Å²) >= 11 is 0. The van der Waals surface area contributed by atoms with Crippen LogP contribution in [0.4, 0.5) is 8.78 Å². The highest BCUT2D eigenvalue weighted by Crippen LogP contribution is 2.18. The number of hydrogen-bond acceptors (Lipinski definition) is 2. The first kappa shape index (κ1) is 15.0. The summed E-state index contributed by atoms with van der Waals surface area (Å²) in [4.78, 5) is 12.0. The van der Waals surface area contributed by atoms with E-state index in [9.17, 15) is 13.6 Å². The van der Waals surface area contributed by atoms with Crippen LogP contribution >= 0.6 is 0 Å². The van der Waals surface area contributed by atoms with Gasteiger partial charge in [-0.1, -0.05) is 12.1 Å². The van der Waals surface area contributed by atoms with E-state index in [1.807, 2.05) is 12.1 Å². The predicted octanol–water partition coefficient (Wildman–Crippen LogP) is 3.46. The summed E-state index contributed by atoms with van der Waals surface area (Å²) in [5.41, 5.74) is 0.814.